The van der Waals surface area contributed by atoms with Crippen LogP contribution in [-0.4, -0.2) is 29.0 Å². The predicted molar refractivity (Wildman–Crippen MR) is 68.5 cm³/mol. The van der Waals surface area contributed by atoms with E-state index in [2.05, 4.69) is 31.3 Å². The zero-order valence-electron chi connectivity index (χ0n) is 11.0. The summed E-state index contributed by atoms with van der Waals surface area (Å²) in [5.41, 5.74) is 3.82. The third kappa shape index (κ3) is 4.85. The van der Waals surface area contributed by atoms with Gasteiger partial charge in [0.15, 0.2) is 0 Å². The van der Waals surface area contributed by atoms with Crippen molar-refractivity contribution < 1.29 is 4.74 Å². The van der Waals surface area contributed by atoms with Gasteiger partial charge in [0.1, 0.15) is 0 Å². The Balaban J connectivity index is 2.43. The first-order chi connectivity index (χ1) is 8.17. The minimum Gasteiger partial charge on any atom is -0.380 e. The summed E-state index contributed by atoms with van der Waals surface area (Å²) in [4.78, 5) is 0. The largest absolute Gasteiger partial charge is 0.380 e. The van der Waals surface area contributed by atoms with Crippen molar-refractivity contribution in [3.63, 3.8) is 0 Å². The molecule has 0 bridgehead atoms. The first-order valence-electron chi connectivity index (χ1n) is 6.25. The molecule has 0 amide bonds. The smallest absolute Gasteiger partial charge is 0.0641 e. The van der Waals surface area contributed by atoms with Crippen LogP contribution in [-0.2, 0) is 11.2 Å². The Bertz CT molecular complexity index is 311. The molecule has 0 aliphatic rings. The number of ether oxygens (including phenoxy) is 1. The van der Waals surface area contributed by atoms with Crippen molar-refractivity contribution >= 4 is 0 Å². The van der Waals surface area contributed by atoms with E-state index in [1.807, 2.05) is 16.9 Å². The summed E-state index contributed by atoms with van der Waals surface area (Å²) >= 11 is 0. The minimum atomic E-state index is 0.122. The van der Waals surface area contributed by atoms with Crippen molar-refractivity contribution in [2.45, 2.75) is 45.7 Å². The summed E-state index contributed by atoms with van der Waals surface area (Å²) in [6.07, 6.45) is 3.82. The number of hydrogen-bond acceptors (Lipinski definition) is 4. The fraction of sp³-hybridized carbons (Fsp3) is 0.750. The van der Waals surface area contributed by atoms with Gasteiger partial charge >= 0.3 is 0 Å². The molecule has 5 nitrogen and oxygen atoms in total. The van der Waals surface area contributed by atoms with Crippen LogP contribution in [0.3, 0.4) is 0 Å². The van der Waals surface area contributed by atoms with Gasteiger partial charge < -0.3 is 4.74 Å². The first kappa shape index (κ1) is 14.2. The molecule has 0 radical (unpaired) electrons. The Morgan fingerprint density at radius 3 is 2.82 bits per heavy atom. The molecule has 1 aromatic heterocycles. The predicted octanol–water partition coefficient (Wildman–Crippen LogP) is 1.26. The molecule has 0 aromatic carbocycles. The van der Waals surface area contributed by atoms with E-state index < -0.39 is 0 Å². The van der Waals surface area contributed by atoms with Crippen LogP contribution in [0.2, 0.25) is 0 Å². The SMILES string of the molecule is CCCOCC(Cc1ccn(C(C)C)n1)NN. The van der Waals surface area contributed by atoms with Gasteiger partial charge in [-0.2, -0.15) is 5.10 Å². The molecule has 0 aliphatic carbocycles. The lowest BCUT2D eigenvalue weighted by Gasteiger charge is -2.14. The Labute approximate surface area is 103 Å². The molecule has 1 unspecified atom stereocenters. The van der Waals surface area contributed by atoms with Gasteiger partial charge in [-0.15, -0.1) is 0 Å². The van der Waals surface area contributed by atoms with Crippen LogP contribution in [0.5, 0.6) is 0 Å². The number of hydrogen-bond donors (Lipinski definition) is 2. The van der Waals surface area contributed by atoms with Crippen LogP contribution in [0, 0.1) is 0 Å². The van der Waals surface area contributed by atoms with Crippen molar-refractivity contribution in [1.82, 2.24) is 15.2 Å². The summed E-state index contributed by atoms with van der Waals surface area (Å²) in [5, 5.41) is 4.49. The van der Waals surface area contributed by atoms with Crippen LogP contribution in [0.15, 0.2) is 12.3 Å². The number of nitrogens with two attached hydrogens (primary N) is 1. The second-order valence-electron chi connectivity index (χ2n) is 4.52. The van der Waals surface area contributed by atoms with Crippen LogP contribution < -0.4 is 11.3 Å². The second kappa shape index (κ2) is 7.42. The van der Waals surface area contributed by atoms with E-state index in [0.29, 0.717) is 12.6 Å². The lowest BCUT2D eigenvalue weighted by Crippen LogP contribution is -2.40. The Kier molecular flexibility index (Phi) is 6.18. The number of nitrogens with one attached hydrogen (secondary N) is 1. The topological polar surface area (TPSA) is 65.1 Å². The zero-order chi connectivity index (χ0) is 12.7. The molecule has 0 saturated heterocycles. The van der Waals surface area contributed by atoms with E-state index in [1.54, 1.807) is 0 Å². The average molecular weight is 240 g/mol. The quantitative estimate of drug-likeness (QED) is 0.408. The first-order valence-corrected chi connectivity index (χ1v) is 6.25. The van der Waals surface area contributed by atoms with Gasteiger partial charge in [0.05, 0.1) is 18.3 Å². The molecule has 1 rings (SSSR count). The monoisotopic (exact) mass is 240 g/mol. The van der Waals surface area contributed by atoms with Gasteiger partial charge in [0.2, 0.25) is 0 Å². The molecule has 0 aliphatic heterocycles. The van der Waals surface area contributed by atoms with E-state index in [4.69, 9.17) is 10.6 Å². The molecule has 1 heterocycles. The van der Waals surface area contributed by atoms with Gasteiger partial charge in [-0.1, -0.05) is 6.92 Å². The zero-order valence-corrected chi connectivity index (χ0v) is 11.0. The molecule has 1 aromatic rings. The summed E-state index contributed by atoms with van der Waals surface area (Å²) in [7, 11) is 0. The number of nitrogens with zero attached hydrogens (tertiary/aromatic N) is 2. The molecular formula is C12H24N4O. The molecular weight excluding hydrogens is 216 g/mol. The lowest BCUT2D eigenvalue weighted by molar-refractivity contribution is 0.111. The molecule has 0 spiro atoms. The molecule has 0 fully saturated rings. The Hall–Kier alpha value is -0.910. The minimum absolute atomic E-state index is 0.122. The van der Waals surface area contributed by atoms with Crippen LogP contribution >= 0.6 is 0 Å². The van der Waals surface area contributed by atoms with Gasteiger partial charge in [-0.05, 0) is 26.3 Å². The second-order valence-corrected chi connectivity index (χ2v) is 4.52. The maximum absolute atomic E-state index is 5.50. The van der Waals surface area contributed by atoms with E-state index >= 15 is 0 Å². The van der Waals surface area contributed by atoms with Crippen molar-refractivity contribution in [2.75, 3.05) is 13.2 Å². The molecule has 5 heteroatoms. The van der Waals surface area contributed by atoms with E-state index in [1.165, 1.54) is 0 Å². The Morgan fingerprint density at radius 1 is 1.53 bits per heavy atom. The fourth-order valence-electron chi connectivity index (χ4n) is 1.56. The number of rotatable bonds is 8. The maximum Gasteiger partial charge on any atom is 0.0641 e. The number of hydrazine groups is 1. The average Bonchev–Trinajstić information content (AvgIpc) is 2.76. The van der Waals surface area contributed by atoms with Crippen molar-refractivity contribution in [3.05, 3.63) is 18.0 Å². The molecule has 1 atom stereocenters. The van der Waals surface area contributed by atoms with Crippen LogP contribution in [0.25, 0.3) is 0 Å². The summed E-state index contributed by atoms with van der Waals surface area (Å²) in [6.45, 7) is 7.71. The van der Waals surface area contributed by atoms with Gasteiger partial charge in [0.25, 0.3) is 0 Å². The number of aromatic nitrogens is 2. The van der Waals surface area contributed by atoms with Gasteiger partial charge in [0, 0.05) is 25.3 Å². The highest BCUT2D eigenvalue weighted by molar-refractivity contribution is 5.02. The van der Waals surface area contributed by atoms with Crippen molar-refractivity contribution in [3.8, 4) is 0 Å². The third-order valence-corrected chi connectivity index (χ3v) is 2.55. The highest BCUT2D eigenvalue weighted by Gasteiger charge is 2.10. The van der Waals surface area contributed by atoms with Gasteiger partial charge in [-0.3, -0.25) is 16.0 Å². The Morgan fingerprint density at radius 2 is 2.29 bits per heavy atom. The summed E-state index contributed by atoms with van der Waals surface area (Å²) in [5.74, 6) is 5.50. The van der Waals surface area contributed by atoms with E-state index in [-0.39, 0.29) is 6.04 Å². The van der Waals surface area contributed by atoms with Crippen molar-refractivity contribution in [1.29, 1.82) is 0 Å². The summed E-state index contributed by atoms with van der Waals surface area (Å²) < 4.78 is 7.44. The molecule has 3 N–H and O–H groups in total. The molecule has 98 valence electrons. The highest BCUT2D eigenvalue weighted by atomic mass is 16.5. The molecule has 0 saturated carbocycles. The molecule has 17 heavy (non-hydrogen) atoms. The van der Waals surface area contributed by atoms with Gasteiger partial charge in [-0.25, -0.2) is 0 Å². The van der Waals surface area contributed by atoms with Crippen molar-refractivity contribution in [2.24, 2.45) is 5.84 Å². The van der Waals surface area contributed by atoms with E-state index in [9.17, 15) is 0 Å². The van der Waals surface area contributed by atoms with Crippen LogP contribution in [0.1, 0.15) is 38.9 Å². The standard InChI is InChI=1S/C12H24N4O/c1-4-7-17-9-12(14-13)8-11-5-6-16(15-11)10(2)3/h5-6,10,12,14H,4,7-9,13H2,1-3H3. The van der Waals surface area contributed by atoms with E-state index in [0.717, 1.165) is 25.1 Å². The normalized spacial score (nSPS) is 13.2. The third-order valence-electron chi connectivity index (χ3n) is 2.55. The maximum atomic E-state index is 5.50. The fourth-order valence-corrected chi connectivity index (χ4v) is 1.56. The summed E-state index contributed by atoms with van der Waals surface area (Å²) in [6, 6.07) is 2.55. The lowest BCUT2D eigenvalue weighted by atomic mass is 10.2. The van der Waals surface area contributed by atoms with Crippen LogP contribution in [0.4, 0.5) is 0 Å². The highest BCUT2D eigenvalue weighted by Crippen LogP contribution is 2.06.